The Labute approximate surface area is 192 Å². The number of halogens is 2. The molecule has 0 aliphatic heterocycles. The van der Waals surface area contributed by atoms with Crippen molar-refractivity contribution in [2.24, 2.45) is 0 Å². The molecule has 2 aromatic heterocycles. The number of hydrogen-bond donors (Lipinski definition) is 1. The van der Waals surface area contributed by atoms with Gasteiger partial charge in [-0.3, -0.25) is 9.48 Å². The minimum Gasteiger partial charge on any atom is -0.470 e. The van der Waals surface area contributed by atoms with Crippen molar-refractivity contribution in [3.63, 3.8) is 0 Å². The van der Waals surface area contributed by atoms with Gasteiger partial charge in [0.2, 0.25) is 0 Å². The first-order chi connectivity index (χ1) is 15.0. The molecule has 0 spiro atoms. The largest absolute Gasteiger partial charge is 0.470 e. The monoisotopic (exact) mass is 499 g/mol. The maximum absolute atomic E-state index is 12.6. The molecule has 4 rings (SSSR count). The molecule has 7 nitrogen and oxygen atoms in total. The highest BCUT2D eigenvalue weighted by Crippen LogP contribution is 2.25. The first-order valence-electron chi connectivity index (χ1n) is 9.47. The van der Waals surface area contributed by atoms with Crippen LogP contribution in [0.15, 0.2) is 71.6 Å². The van der Waals surface area contributed by atoms with Crippen LogP contribution in [0.3, 0.4) is 0 Å². The van der Waals surface area contributed by atoms with Gasteiger partial charge in [-0.15, -0.1) is 0 Å². The van der Waals surface area contributed by atoms with Gasteiger partial charge in [0.25, 0.3) is 5.91 Å². The van der Waals surface area contributed by atoms with Crippen molar-refractivity contribution in [2.45, 2.75) is 20.2 Å². The third kappa shape index (κ3) is 5.53. The van der Waals surface area contributed by atoms with Crippen LogP contribution in [0.1, 0.15) is 21.6 Å². The second-order valence-corrected chi connectivity index (χ2v) is 8.28. The summed E-state index contributed by atoms with van der Waals surface area (Å²) in [5.74, 6) is 0.274. The molecule has 0 bridgehead atoms. The van der Waals surface area contributed by atoms with E-state index < -0.39 is 0 Å². The van der Waals surface area contributed by atoms with Gasteiger partial charge in [-0.2, -0.15) is 10.2 Å². The summed E-state index contributed by atoms with van der Waals surface area (Å²) in [7, 11) is 0. The first kappa shape index (κ1) is 21.1. The van der Waals surface area contributed by atoms with Crippen LogP contribution in [0.25, 0.3) is 0 Å². The summed E-state index contributed by atoms with van der Waals surface area (Å²) in [6.45, 7) is 2.71. The third-order valence-electron chi connectivity index (χ3n) is 4.44. The van der Waals surface area contributed by atoms with E-state index in [0.29, 0.717) is 28.7 Å². The number of aromatic nitrogens is 4. The van der Waals surface area contributed by atoms with Crippen molar-refractivity contribution in [1.82, 2.24) is 19.6 Å². The minimum atomic E-state index is -0.300. The van der Waals surface area contributed by atoms with Crippen LogP contribution in [-0.2, 0) is 13.3 Å². The van der Waals surface area contributed by atoms with Gasteiger partial charge in [0, 0.05) is 18.1 Å². The van der Waals surface area contributed by atoms with E-state index in [1.54, 1.807) is 29.2 Å². The number of carbonyl (C=O) groups excluding carboxylic acids is 1. The molecule has 9 heteroatoms. The van der Waals surface area contributed by atoms with Crippen molar-refractivity contribution in [1.29, 1.82) is 0 Å². The Morgan fingerprint density at radius 2 is 2.06 bits per heavy atom. The lowest BCUT2D eigenvalue weighted by Gasteiger charge is -2.09. The summed E-state index contributed by atoms with van der Waals surface area (Å²) in [5, 5.41) is 11.9. The van der Waals surface area contributed by atoms with Gasteiger partial charge in [-0.25, -0.2) is 4.68 Å². The molecule has 0 aliphatic carbocycles. The molecule has 0 fully saturated rings. The summed E-state index contributed by atoms with van der Waals surface area (Å²) in [6, 6.07) is 14.8. The number of rotatable bonds is 7. The number of carbonyl (C=O) groups is 1. The van der Waals surface area contributed by atoms with Gasteiger partial charge in [-0.1, -0.05) is 29.8 Å². The second-order valence-electron chi connectivity index (χ2n) is 6.96. The highest BCUT2D eigenvalue weighted by Gasteiger charge is 2.11. The quantitative estimate of drug-likeness (QED) is 0.381. The normalized spacial score (nSPS) is 10.8. The standard InChI is InChI=1S/C22H19BrClN5O2/c1-15-5-6-19(24)21(9-15)31-14-28-8-7-20(27-28)22(30)26-18-4-2-3-16(10-18)12-29-13-17(23)11-25-29/h2-11,13H,12,14H2,1H3,(H,26,30). The summed E-state index contributed by atoms with van der Waals surface area (Å²) >= 11 is 9.53. The number of benzene rings is 2. The topological polar surface area (TPSA) is 74.0 Å². The fourth-order valence-electron chi connectivity index (χ4n) is 2.97. The molecule has 1 amide bonds. The van der Waals surface area contributed by atoms with E-state index >= 15 is 0 Å². The SMILES string of the molecule is Cc1ccc(Cl)c(OCn2ccc(C(=O)Nc3cccc(Cn4cc(Br)cn4)c3)n2)c1. The zero-order chi connectivity index (χ0) is 21.8. The number of aryl methyl sites for hydroxylation is 1. The highest BCUT2D eigenvalue weighted by atomic mass is 79.9. The van der Waals surface area contributed by atoms with E-state index in [0.717, 1.165) is 15.6 Å². The van der Waals surface area contributed by atoms with Gasteiger partial charge in [-0.05, 0) is 64.3 Å². The maximum atomic E-state index is 12.6. The zero-order valence-corrected chi connectivity index (χ0v) is 19.0. The number of anilines is 1. The van der Waals surface area contributed by atoms with E-state index in [1.165, 1.54) is 0 Å². The van der Waals surface area contributed by atoms with Gasteiger partial charge in [0.1, 0.15) is 5.75 Å². The van der Waals surface area contributed by atoms with Gasteiger partial charge in [0.05, 0.1) is 22.2 Å². The Morgan fingerprint density at radius 3 is 2.87 bits per heavy atom. The van der Waals surface area contributed by atoms with E-state index in [-0.39, 0.29) is 12.6 Å². The van der Waals surface area contributed by atoms with Crippen LogP contribution in [0.4, 0.5) is 5.69 Å². The molecule has 4 aromatic rings. The smallest absolute Gasteiger partial charge is 0.276 e. The van der Waals surface area contributed by atoms with Gasteiger partial charge < -0.3 is 10.1 Å². The Morgan fingerprint density at radius 1 is 1.19 bits per heavy atom. The Balaban J connectivity index is 1.37. The van der Waals surface area contributed by atoms with Crippen molar-refractivity contribution in [3.8, 4) is 5.75 Å². The Kier molecular flexibility index (Phi) is 6.39. The summed E-state index contributed by atoms with van der Waals surface area (Å²) in [5.41, 5.74) is 3.04. The van der Waals surface area contributed by atoms with E-state index in [4.69, 9.17) is 16.3 Å². The van der Waals surface area contributed by atoms with E-state index in [2.05, 4.69) is 31.4 Å². The lowest BCUT2D eigenvalue weighted by atomic mass is 10.2. The number of amides is 1. The van der Waals surface area contributed by atoms with Gasteiger partial charge >= 0.3 is 0 Å². The molecular weight excluding hydrogens is 482 g/mol. The summed E-state index contributed by atoms with van der Waals surface area (Å²) in [4.78, 5) is 12.6. The molecule has 2 heterocycles. The number of nitrogens with one attached hydrogen (secondary N) is 1. The summed E-state index contributed by atoms with van der Waals surface area (Å²) in [6.07, 6.45) is 5.31. The van der Waals surface area contributed by atoms with Crippen LogP contribution in [0.2, 0.25) is 5.02 Å². The molecule has 158 valence electrons. The molecule has 0 radical (unpaired) electrons. The molecule has 0 saturated heterocycles. The Bertz CT molecular complexity index is 1220. The lowest BCUT2D eigenvalue weighted by molar-refractivity contribution is 0.102. The highest BCUT2D eigenvalue weighted by molar-refractivity contribution is 9.10. The molecule has 1 N–H and O–H groups in total. The van der Waals surface area contributed by atoms with Crippen molar-refractivity contribution in [2.75, 3.05) is 5.32 Å². The maximum Gasteiger partial charge on any atom is 0.276 e. The molecular formula is C22H19BrClN5O2. The van der Waals surface area contributed by atoms with Crippen LogP contribution in [-0.4, -0.2) is 25.5 Å². The van der Waals surface area contributed by atoms with Crippen molar-refractivity contribution in [3.05, 3.63) is 93.4 Å². The molecule has 2 aromatic carbocycles. The van der Waals surface area contributed by atoms with Crippen LogP contribution in [0.5, 0.6) is 5.75 Å². The summed E-state index contributed by atoms with van der Waals surface area (Å²) < 4.78 is 9.99. The zero-order valence-electron chi connectivity index (χ0n) is 16.6. The first-order valence-corrected chi connectivity index (χ1v) is 10.6. The predicted molar refractivity (Wildman–Crippen MR) is 122 cm³/mol. The third-order valence-corrected chi connectivity index (χ3v) is 5.17. The average molecular weight is 501 g/mol. The molecule has 0 atom stereocenters. The second kappa shape index (κ2) is 9.36. The number of ether oxygens (including phenoxy) is 1. The lowest BCUT2D eigenvalue weighted by Crippen LogP contribution is -2.14. The average Bonchev–Trinajstić information content (AvgIpc) is 3.38. The fourth-order valence-corrected chi connectivity index (χ4v) is 3.47. The van der Waals surface area contributed by atoms with Crippen molar-refractivity contribution >= 4 is 39.1 Å². The van der Waals surface area contributed by atoms with Crippen LogP contribution in [0, 0.1) is 6.92 Å². The fraction of sp³-hybridized carbons (Fsp3) is 0.136. The molecule has 31 heavy (non-hydrogen) atoms. The predicted octanol–water partition coefficient (Wildman–Crippen LogP) is 5.14. The Hall–Kier alpha value is -3.10. The van der Waals surface area contributed by atoms with Crippen LogP contribution < -0.4 is 10.1 Å². The molecule has 0 aliphatic rings. The van der Waals surface area contributed by atoms with E-state index in [1.807, 2.05) is 54.2 Å². The van der Waals surface area contributed by atoms with Gasteiger partial charge in [0.15, 0.2) is 12.4 Å². The molecule has 0 saturated carbocycles. The van der Waals surface area contributed by atoms with Crippen molar-refractivity contribution < 1.29 is 9.53 Å². The van der Waals surface area contributed by atoms with E-state index in [9.17, 15) is 4.79 Å². The number of nitrogens with zero attached hydrogens (tertiary/aromatic N) is 4. The van der Waals surface area contributed by atoms with Crippen LogP contribution >= 0.6 is 27.5 Å². The molecule has 0 unspecified atom stereocenters. The number of hydrogen-bond acceptors (Lipinski definition) is 4. The minimum absolute atomic E-state index is 0.144.